The number of thiol groups is 1. The van der Waals surface area contributed by atoms with Crippen LogP contribution in [0.25, 0.3) is 10.9 Å². The van der Waals surface area contributed by atoms with E-state index in [4.69, 9.17) is 0 Å². The number of nitrogens with one attached hydrogen (secondary N) is 1. The van der Waals surface area contributed by atoms with Crippen molar-refractivity contribution in [1.29, 1.82) is 0 Å². The van der Waals surface area contributed by atoms with Crippen LogP contribution in [0.2, 0.25) is 0 Å². The van der Waals surface area contributed by atoms with Crippen molar-refractivity contribution < 1.29 is 4.79 Å². The van der Waals surface area contributed by atoms with E-state index in [1.54, 1.807) is 6.20 Å². The van der Waals surface area contributed by atoms with E-state index < -0.39 is 0 Å². The molecule has 0 saturated heterocycles. The van der Waals surface area contributed by atoms with Crippen LogP contribution in [0.4, 0.5) is 5.69 Å². The Kier molecular flexibility index (Phi) is 4.98. The van der Waals surface area contributed by atoms with Gasteiger partial charge in [0.15, 0.2) is 0 Å². The van der Waals surface area contributed by atoms with Crippen LogP contribution in [-0.2, 0) is 4.79 Å². The number of aromatic nitrogens is 1. The summed E-state index contributed by atoms with van der Waals surface area (Å²) < 4.78 is 0. The van der Waals surface area contributed by atoms with E-state index in [9.17, 15) is 4.79 Å². The fourth-order valence-corrected chi connectivity index (χ4v) is 2.30. The van der Waals surface area contributed by atoms with Gasteiger partial charge in [-0.3, -0.25) is 9.78 Å². The fraction of sp³-hybridized carbons (Fsp3) is 0.333. The first-order valence-corrected chi connectivity index (χ1v) is 7.04. The molecule has 1 heterocycles. The van der Waals surface area contributed by atoms with Gasteiger partial charge in [-0.25, -0.2) is 0 Å². The Hall–Kier alpha value is -1.59. The van der Waals surface area contributed by atoms with Crippen LogP contribution in [-0.4, -0.2) is 36.4 Å². The number of fused-ring (bicyclic) bond motifs is 1. The third kappa shape index (κ3) is 3.71. The normalized spacial score (nSPS) is 11.0. The smallest absolute Gasteiger partial charge is 0.224 e. The molecule has 2 rings (SSSR count). The molecule has 20 heavy (non-hydrogen) atoms. The maximum absolute atomic E-state index is 12.0. The first-order valence-electron chi connectivity index (χ1n) is 6.59. The Morgan fingerprint density at radius 3 is 2.90 bits per heavy atom. The molecule has 0 radical (unpaired) electrons. The molecule has 0 fully saturated rings. The molecule has 0 spiro atoms. The summed E-state index contributed by atoms with van der Waals surface area (Å²) in [5.74, 6) is 0.0314. The predicted octanol–water partition coefficient (Wildman–Crippen LogP) is 2.80. The quantitative estimate of drug-likeness (QED) is 0.832. The van der Waals surface area contributed by atoms with E-state index in [1.807, 2.05) is 38.4 Å². The van der Waals surface area contributed by atoms with Crippen LogP contribution < -0.4 is 5.32 Å². The van der Waals surface area contributed by atoms with Crippen LogP contribution in [0.1, 0.15) is 12.8 Å². The second-order valence-electron chi connectivity index (χ2n) is 4.99. The van der Waals surface area contributed by atoms with Crippen LogP contribution in [0, 0.1) is 0 Å². The fourth-order valence-electron chi connectivity index (χ4n) is 2.04. The number of para-hydroxylation sites is 1. The first kappa shape index (κ1) is 14.8. The van der Waals surface area contributed by atoms with Crippen molar-refractivity contribution in [3.63, 3.8) is 0 Å². The molecule has 1 aromatic carbocycles. The molecule has 0 bridgehead atoms. The average molecular weight is 289 g/mol. The number of benzene rings is 1. The third-order valence-electron chi connectivity index (χ3n) is 3.03. The number of rotatable bonds is 5. The van der Waals surface area contributed by atoms with Gasteiger partial charge in [0.25, 0.3) is 0 Å². The number of nitrogens with zero attached hydrogens (tertiary/aromatic N) is 2. The summed E-state index contributed by atoms with van der Waals surface area (Å²) in [6, 6.07) is 7.56. The topological polar surface area (TPSA) is 45.2 Å². The average Bonchev–Trinajstić information content (AvgIpc) is 2.39. The van der Waals surface area contributed by atoms with Crippen molar-refractivity contribution in [2.75, 3.05) is 26.0 Å². The van der Waals surface area contributed by atoms with Gasteiger partial charge in [-0.15, -0.1) is 12.6 Å². The van der Waals surface area contributed by atoms with E-state index >= 15 is 0 Å². The Morgan fingerprint density at radius 1 is 1.35 bits per heavy atom. The van der Waals surface area contributed by atoms with Gasteiger partial charge < -0.3 is 10.2 Å². The highest BCUT2D eigenvalue weighted by Crippen LogP contribution is 2.26. The number of amides is 1. The molecule has 1 N–H and O–H groups in total. The van der Waals surface area contributed by atoms with Crippen molar-refractivity contribution in [2.45, 2.75) is 17.7 Å². The Morgan fingerprint density at radius 2 is 2.15 bits per heavy atom. The van der Waals surface area contributed by atoms with Crippen molar-refractivity contribution in [2.24, 2.45) is 0 Å². The number of hydrogen-bond acceptors (Lipinski definition) is 4. The van der Waals surface area contributed by atoms with E-state index in [0.29, 0.717) is 6.42 Å². The molecular formula is C15H19N3OS. The molecule has 0 unspecified atom stereocenters. The SMILES string of the molecule is CN(C)CCCC(=O)Nc1ccnc2c(S)cccc12. The van der Waals surface area contributed by atoms with Crippen LogP contribution >= 0.6 is 12.6 Å². The Balaban J connectivity index is 2.10. The summed E-state index contributed by atoms with van der Waals surface area (Å²) in [6.45, 7) is 0.908. The highest BCUT2D eigenvalue weighted by Gasteiger charge is 2.07. The molecule has 2 aromatic rings. The molecule has 0 aliphatic rings. The molecule has 5 heteroatoms. The van der Waals surface area contributed by atoms with Gasteiger partial charge in [-0.2, -0.15) is 0 Å². The third-order valence-corrected chi connectivity index (χ3v) is 3.39. The number of anilines is 1. The van der Waals surface area contributed by atoms with Gasteiger partial charge in [-0.05, 0) is 39.2 Å². The zero-order valence-electron chi connectivity index (χ0n) is 11.8. The van der Waals surface area contributed by atoms with Crippen molar-refractivity contribution in [3.05, 3.63) is 30.5 Å². The Labute approximate surface area is 124 Å². The van der Waals surface area contributed by atoms with E-state index in [2.05, 4.69) is 27.8 Å². The second kappa shape index (κ2) is 6.72. The lowest BCUT2D eigenvalue weighted by Crippen LogP contribution is -2.17. The number of carbonyl (C=O) groups is 1. The molecule has 1 aromatic heterocycles. The lowest BCUT2D eigenvalue weighted by atomic mass is 10.2. The van der Waals surface area contributed by atoms with Gasteiger partial charge in [0.05, 0.1) is 11.2 Å². The minimum atomic E-state index is 0.0314. The van der Waals surface area contributed by atoms with E-state index in [1.165, 1.54) is 0 Å². The highest BCUT2D eigenvalue weighted by atomic mass is 32.1. The van der Waals surface area contributed by atoms with E-state index in [0.717, 1.165) is 34.5 Å². The molecule has 4 nitrogen and oxygen atoms in total. The van der Waals surface area contributed by atoms with E-state index in [-0.39, 0.29) is 5.91 Å². The van der Waals surface area contributed by atoms with Crippen LogP contribution in [0.15, 0.2) is 35.4 Å². The summed E-state index contributed by atoms with van der Waals surface area (Å²) in [6.07, 6.45) is 3.06. The zero-order valence-corrected chi connectivity index (χ0v) is 12.7. The molecule has 1 amide bonds. The summed E-state index contributed by atoms with van der Waals surface area (Å²) in [5.41, 5.74) is 1.60. The van der Waals surface area contributed by atoms with Crippen molar-refractivity contribution in [1.82, 2.24) is 9.88 Å². The maximum atomic E-state index is 12.0. The molecule has 0 aliphatic heterocycles. The predicted molar refractivity (Wildman–Crippen MR) is 85.4 cm³/mol. The van der Waals surface area contributed by atoms with Crippen molar-refractivity contribution >= 4 is 35.1 Å². The number of hydrogen-bond donors (Lipinski definition) is 2. The first-order chi connectivity index (χ1) is 9.58. The molecule has 0 aliphatic carbocycles. The van der Waals surface area contributed by atoms with Crippen LogP contribution in [0.5, 0.6) is 0 Å². The molecule has 106 valence electrons. The molecule has 0 saturated carbocycles. The molecule has 0 atom stereocenters. The minimum absolute atomic E-state index is 0.0314. The highest BCUT2D eigenvalue weighted by molar-refractivity contribution is 7.80. The summed E-state index contributed by atoms with van der Waals surface area (Å²) >= 11 is 4.39. The van der Waals surface area contributed by atoms with Gasteiger partial charge in [0, 0.05) is 22.9 Å². The van der Waals surface area contributed by atoms with Crippen LogP contribution in [0.3, 0.4) is 0 Å². The van der Waals surface area contributed by atoms with Gasteiger partial charge >= 0.3 is 0 Å². The molecular weight excluding hydrogens is 270 g/mol. The second-order valence-corrected chi connectivity index (χ2v) is 5.47. The standard InChI is InChI=1S/C15H19N3OS/c1-18(2)10-4-7-14(19)17-12-8-9-16-15-11(12)5-3-6-13(15)20/h3,5-6,8-9,20H,4,7,10H2,1-2H3,(H,16,17,19). The lowest BCUT2D eigenvalue weighted by molar-refractivity contribution is -0.116. The monoisotopic (exact) mass is 289 g/mol. The number of carbonyl (C=O) groups excluding carboxylic acids is 1. The largest absolute Gasteiger partial charge is 0.325 e. The van der Waals surface area contributed by atoms with Gasteiger partial charge in [0.1, 0.15) is 0 Å². The summed E-state index contributed by atoms with van der Waals surface area (Å²) in [5, 5.41) is 3.87. The Bertz CT molecular complexity index is 613. The zero-order chi connectivity index (χ0) is 14.5. The summed E-state index contributed by atoms with van der Waals surface area (Å²) in [7, 11) is 4.00. The number of pyridine rings is 1. The summed E-state index contributed by atoms with van der Waals surface area (Å²) in [4.78, 5) is 19.1. The van der Waals surface area contributed by atoms with Gasteiger partial charge in [-0.1, -0.05) is 12.1 Å². The maximum Gasteiger partial charge on any atom is 0.224 e. The van der Waals surface area contributed by atoms with Crippen molar-refractivity contribution in [3.8, 4) is 0 Å². The minimum Gasteiger partial charge on any atom is -0.325 e. The van der Waals surface area contributed by atoms with Gasteiger partial charge in [0.2, 0.25) is 5.91 Å². The lowest BCUT2D eigenvalue weighted by Gasteiger charge is -2.11.